The second-order valence-corrected chi connectivity index (χ2v) is 4.64. The summed E-state index contributed by atoms with van der Waals surface area (Å²) in [5, 5.41) is 3.04. The Balaban J connectivity index is 1.92. The van der Waals surface area contributed by atoms with Gasteiger partial charge in [-0.1, -0.05) is 24.3 Å². The van der Waals surface area contributed by atoms with Gasteiger partial charge >= 0.3 is 0 Å². The summed E-state index contributed by atoms with van der Waals surface area (Å²) in [5.41, 5.74) is 2.92. The van der Waals surface area contributed by atoms with E-state index in [-0.39, 0.29) is 5.91 Å². The molecular formula is C12H11NO. The van der Waals surface area contributed by atoms with Crippen molar-refractivity contribution in [2.24, 2.45) is 5.92 Å². The molecule has 1 saturated heterocycles. The summed E-state index contributed by atoms with van der Waals surface area (Å²) in [6.45, 7) is 0. The second kappa shape index (κ2) is 2.02. The van der Waals surface area contributed by atoms with Crippen molar-refractivity contribution in [3.8, 4) is 0 Å². The van der Waals surface area contributed by atoms with Crippen molar-refractivity contribution < 1.29 is 4.79 Å². The van der Waals surface area contributed by atoms with Crippen molar-refractivity contribution in [1.29, 1.82) is 0 Å². The first-order valence-corrected chi connectivity index (χ1v) is 5.25. The molecule has 2 aliphatic carbocycles. The average Bonchev–Trinajstić information content (AvgIpc) is 2.68. The van der Waals surface area contributed by atoms with E-state index < -0.39 is 0 Å². The topological polar surface area (TPSA) is 29.1 Å². The van der Waals surface area contributed by atoms with E-state index in [0.717, 1.165) is 0 Å². The zero-order valence-electron chi connectivity index (χ0n) is 7.73. The molecule has 0 spiro atoms. The van der Waals surface area contributed by atoms with Crippen molar-refractivity contribution in [2.45, 2.75) is 24.3 Å². The Labute approximate surface area is 82.3 Å². The molecule has 14 heavy (non-hydrogen) atoms. The largest absolute Gasteiger partial charge is 0.352 e. The molecule has 4 atom stereocenters. The smallest absolute Gasteiger partial charge is 0.226 e. The molecular weight excluding hydrogens is 174 g/mol. The highest BCUT2D eigenvalue weighted by Crippen LogP contribution is 2.58. The van der Waals surface area contributed by atoms with Gasteiger partial charge in [0.25, 0.3) is 0 Å². The fourth-order valence-electron chi connectivity index (χ4n) is 3.59. The fourth-order valence-corrected chi connectivity index (χ4v) is 3.59. The van der Waals surface area contributed by atoms with Crippen LogP contribution in [-0.2, 0) is 4.79 Å². The van der Waals surface area contributed by atoms with E-state index >= 15 is 0 Å². The molecule has 1 amide bonds. The zero-order valence-corrected chi connectivity index (χ0v) is 7.73. The molecule has 3 aliphatic rings. The highest BCUT2D eigenvalue weighted by atomic mass is 16.2. The number of carbonyl (C=O) groups excluding carboxylic acids is 1. The summed E-state index contributed by atoms with van der Waals surface area (Å²) < 4.78 is 0. The molecule has 0 unspecified atom stereocenters. The van der Waals surface area contributed by atoms with Crippen LogP contribution in [-0.4, -0.2) is 11.9 Å². The maximum absolute atomic E-state index is 11.4. The van der Waals surface area contributed by atoms with Crippen molar-refractivity contribution >= 4 is 5.91 Å². The third kappa shape index (κ3) is 0.578. The molecule has 1 heterocycles. The Kier molecular flexibility index (Phi) is 1.02. The fraction of sp³-hybridized carbons (Fsp3) is 0.417. The van der Waals surface area contributed by atoms with Gasteiger partial charge in [0.05, 0.1) is 5.92 Å². The number of hydrogen-bond donors (Lipinski definition) is 1. The molecule has 1 aliphatic heterocycles. The number of amides is 1. The van der Waals surface area contributed by atoms with Crippen molar-refractivity contribution in [2.75, 3.05) is 0 Å². The molecule has 0 radical (unpaired) electrons. The SMILES string of the molecule is O=C1N[C@@H]2[C@H]1[C@@H]1C[C@H]2c2ccccc21. The third-order valence-electron chi connectivity index (χ3n) is 4.17. The summed E-state index contributed by atoms with van der Waals surface area (Å²) in [4.78, 5) is 11.4. The van der Waals surface area contributed by atoms with Crippen LogP contribution in [0.4, 0.5) is 0 Å². The number of benzene rings is 1. The quantitative estimate of drug-likeness (QED) is 0.608. The van der Waals surface area contributed by atoms with Crippen molar-refractivity contribution in [3.63, 3.8) is 0 Å². The molecule has 0 aromatic heterocycles. The van der Waals surface area contributed by atoms with Crippen LogP contribution in [0.2, 0.25) is 0 Å². The molecule has 1 aromatic rings. The molecule has 70 valence electrons. The van der Waals surface area contributed by atoms with Crippen LogP contribution < -0.4 is 5.32 Å². The highest BCUT2D eigenvalue weighted by molar-refractivity contribution is 5.89. The standard InChI is InChI=1S/C12H11NO/c14-12-10-8-5-9(11(10)13-12)7-4-2-1-3-6(7)8/h1-4,8-11H,5H2,(H,13,14)/t8-,9+,10-,11+/m1/s1. The van der Waals surface area contributed by atoms with Crippen LogP contribution in [0.1, 0.15) is 29.4 Å². The van der Waals surface area contributed by atoms with Gasteiger partial charge in [0, 0.05) is 12.0 Å². The van der Waals surface area contributed by atoms with Crippen molar-refractivity contribution in [3.05, 3.63) is 35.4 Å². The minimum atomic E-state index is 0.275. The molecule has 1 aromatic carbocycles. The number of nitrogens with one attached hydrogen (secondary N) is 1. The molecule has 2 bridgehead atoms. The van der Waals surface area contributed by atoms with Gasteiger partial charge in [-0.2, -0.15) is 0 Å². The van der Waals surface area contributed by atoms with Crippen LogP contribution in [0, 0.1) is 5.92 Å². The Morgan fingerprint density at radius 2 is 1.86 bits per heavy atom. The number of fused-ring (bicyclic) bond motifs is 8. The van der Waals surface area contributed by atoms with E-state index in [1.165, 1.54) is 17.5 Å². The lowest BCUT2D eigenvalue weighted by Gasteiger charge is -2.40. The predicted octanol–water partition coefficient (Wildman–Crippen LogP) is 1.39. The molecule has 1 saturated carbocycles. The Bertz CT molecular complexity index is 440. The van der Waals surface area contributed by atoms with Gasteiger partial charge in [0.15, 0.2) is 0 Å². The molecule has 2 nitrogen and oxygen atoms in total. The van der Waals surface area contributed by atoms with Crippen LogP contribution in [0.3, 0.4) is 0 Å². The Morgan fingerprint density at radius 1 is 1.14 bits per heavy atom. The normalized spacial score (nSPS) is 41.3. The van der Waals surface area contributed by atoms with Gasteiger partial charge in [0.2, 0.25) is 5.91 Å². The Hall–Kier alpha value is -1.31. The van der Waals surface area contributed by atoms with E-state index in [4.69, 9.17) is 0 Å². The lowest BCUT2D eigenvalue weighted by atomic mass is 9.75. The van der Waals surface area contributed by atoms with Crippen LogP contribution in [0.25, 0.3) is 0 Å². The van der Waals surface area contributed by atoms with Gasteiger partial charge in [-0.15, -0.1) is 0 Å². The number of rotatable bonds is 0. The van der Waals surface area contributed by atoms with Crippen LogP contribution in [0.5, 0.6) is 0 Å². The van der Waals surface area contributed by atoms with Gasteiger partial charge in [-0.3, -0.25) is 4.79 Å². The van der Waals surface area contributed by atoms with E-state index in [1.807, 2.05) is 0 Å². The second-order valence-electron chi connectivity index (χ2n) is 4.64. The maximum Gasteiger partial charge on any atom is 0.226 e. The van der Waals surface area contributed by atoms with E-state index in [1.54, 1.807) is 0 Å². The van der Waals surface area contributed by atoms with Gasteiger partial charge in [0.1, 0.15) is 0 Å². The first-order chi connectivity index (χ1) is 6.86. The van der Waals surface area contributed by atoms with E-state index in [9.17, 15) is 4.79 Å². The minimum absolute atomic E-state index is 0.275. The number of β-lactam (4-membered cyclic amide) rings is 1. The first kappa shape index (κ1) is 7.04. The summed E-state index contributed by atoms with van der Waals surface area (Å²) in [6.07, 6.45) is 1.19. The lowest BCUT2D eigenvalue weighted by Crippen LogP contribution is -2.59. The van der Waals surface area contributed by atoms with Crippen LogP contribution >= 0.6 is 0 Å². The minimum Gasteiger partial charge on any atom is -0.352 e. The molecule has 1 N–H and O–H groups in total. The van der Waals surface area contributed by atoms with E-state index in [2.05, 4.69) is 29.6 Å². The van der Waals surface area contributed by atoms with Crippen LogP contribution in [0.15, 0.2) is 24.3 Å². The van der Waals surface area contributed by atoms with Gasteiger partial charge in [-0.25, -0.2) is 0 Å². The molecule has 2 heteroatoms. The lowest BCUT2D eigenvalue weighted by molar-refractivity contribution is -0.134. The predicted molar refractivity (Wildman–Crippen MR) is 52.0 cm³/mol. The third-order valence-corrected chi connectivity index (χ3v) is 4.17. The Morgan fingerprint density at radius 3 is 2.57 bits per heavy atom. The molecule has 4 rings (SSSR count). The first-order valence-electron chi connectivity index (χ1n) is 5.25. The average molecular weight is 185 g/mol. The van der Waals surface area contributed by atoms with Gasteiger partial charge < -0.3 is 5.32 Å². The summed E-state index contributed by atoms with van der Waals surface area (Å²) in [5.74, 6) is 1.71. The molecule has 2 fully saturated rings. The highest BCUT2D eigenvalue weighted by Gasteiger charge is 2.59. The maximum atomic E-state index is 11.4. The number of carbonyl (C=O) groups is 1. The summed E-state index contributed by atoms with van der Waals surface area (Å²) >= 11 is 0. The van der Waals surface area contributed by atoms with Crippen molar-refractivity contribution in [1.82, 2.24) is 5.32 Å². The zero-order chi connectivity index (χ0) is 9.28. The monoisotopic (exact) mass is 185 g/mol. The summed E-state index contributed by atoms with van der Waals surface area (Å²) in [7, 11) is 0. The van der Waals surface area contributed by atoms with E-state index in [0.29, 0.717) is 23.8 Å². The summed E-state index contributed by atoms with van der Waals surface area (Å²) in [6, 6.07) is 9.07. The number of hydrogen-bond acceptors (Lipinski definition) is 1. The van der Waals surface area contributed by atoms with Gasteiger partial charge in [-0.05, 0) is 23.5 Å².